The Hall–Kier alpha value is -0.160. The Bertz CT molecular complexity index is 126. The summed E-state index contributed by atoms with van der Waals surface area (Å²) in [6, 6.07) is 0. The van der Waals surface area contributed by atoms with Gasteiger partial charge >= 0.3 is 0 Å². The molecular formula is C14H32O4. The lowest BCUT2D eigenvalue weighted by atomic mass is 10.1. The molecule has 0 heterocycles. The van der Waals surface area contributed by atoms with Crippen LogP contribution in [-0.4, -0.2) is 37.0 Å². The highest BCUT2D eigenvalue weighted by atomic mass is 16.6. The van der Waals surface area contributed by atoms with E-state index in [9.17, 15) is 0 Å². The third-order valence-corrected chi connectivity index (χ3v) is 2.55. The lowest BCUT2D eigenvalue weighted by Gasteiger charge is -2.07. The fourth-order valence-corrected chi connectivity index (χ4v) is 1.66. The van der Waals surface area contributed by atoms with E-state index in [-0.39, 0.29) is 13.6 Å². The molecule has 2 unspecified atom stereocenters. The normalized spacial score (nSPS) is 13.7. The van der Waals surface area contributed by atoms with Gasteiger partial charge in [0.15, 0.2) is 0 Å². The molecule has 18 heavy (non-hydrogen) atoms. The molecule has 0 aromatic rings. The summed E-state index contributed by atoms with van der Waals surface area (Å²) < 4.78 is 9.61. The first kappa shape index (κ1) is 20.2. The summed E-state index contributed by atoms with van der Waals surface area (Å²) in [6.07, 6.45) is 4.74. The van der Waals surface area contributed by atoms with Crippen LogP contribution < -0.4 is 0 Å². The second-order valence-corrected chi connectivity index (χ2v) is 4.79. The van der Waals surface area contributed by atoms with Crippen molar-refractivity contribution in [3.05, 3.63) is 0 Å². The summed E-state index contributed by atoms with van der Waals surface area (Å²) in [5.74, 6) is 1.17. The third-order valence-electron chi connectivity index (χ3n) is 2.55. The van der Waals surface area contributed by atoms with E-state index in [1.165, 1.54) is 25.7 Å². The van der Waals surface area contributed by atoms with Gasteiger partial charge in [0.25, 0.3) is 0 Å². The molecule has 0 bridgehead atoms. The Kier molecular flexibility index (Phi) is 18.9. The monoisotopic (exact) mass is 264 g/mol. The van der Waals surface area contributed by atoms with E-state index in [0.29, 0.717) is 25.0 Å². The van der Waals surface area contributed by atoms with E-state index < -0.39 is 0 Å². The standard InChI is InChI=1S/2C7H16O2/c2*1-3-4-7(2)5-9-6-8/h2*7-8H,3-6H2,1-2H3. The highest BCUT2D eigenvalue weighted by Crippen LogP contribution is 2.04. The maximum Gasteiger partial charge on any atom is 0.143 e. The van der Waals surface area contributed by atoms with Gasteiger partial charge in [-0.2, -0.15) is 0 Å². The van der Waals surface area contributed by atoms with Crippen molar-refractivity contribution in [2.24, 2.45) is 11.8 Å². The first-order valence-electron chi connectivity index (χ1n) is 6.99. The maximum atomic E-state index is 8.26. The number of ether oxygens (including phenoxy) is 2. The fraction of sp³-hybridized carbons (Fsp3) is 1.00. The molecule has 0 saturated heterocycles. The predicted molar refractivity (Wildman–Crippen MR) is 74.2 cm³/mol. The van der Waals surface area contributed by atoms with Gasteiger partial charge in [0.2, 0.25) is 0 Å². The topological polar surface area (TPSA) is 58.9 Å². The second kappa shape index (κ2) is 16.8. The van der Waals surface area contributed by atoms with Crippen LogP contribution in [0.15, 0.2) is 0 Å². The lowest BCUT2D eigenvalue weighted by Crippen LogP contribution is -2.05. The average Bonchev–Trinajstić information content (AvgIpc) is 2.35. The quantitative estimate of drug-likeness (QED) is 0.596. The zero-order valence-electron chi connectivity index (χ0n) is 12.5. The first-order valence-corrected chi connectivity index (χ1v) is 6.99. The summed E-state index contributed by atoms with van der Waals surface area (Å²) in [5.41, 5.74) is 0. The first-order chi connectivity index (χ1) is 8.62. The summed E-state index contributed by atoms with van der Waals surface area (Å²) >= 11 is 0. The van der Waals surface area contributed by atoms with Crippen LogP contribution in [0.5, 0.6) is 0 Å². The molecule has 0 rings (SSSR count). The highest BCUT2D eigenvalue weighted by Gasteiger charge is 1.98. The van der Waals surface area contributed by atoms with Crippen LogP contribution in [0.3, 0.4) is 0 Å². The molecule has 0 aliphatic carbocycles. The Morgan fingerprint density at radius 3 is 1.33 bits per heavy atom. The third kappa shape index (κ3) is 18.2. The predicted octanol–water partition coefficient (Wildman–Crippen LogP) is 2.78. The Balaban J connectivity index is 0. The van der Waals surface area contributed by atoms with Gasteiger partial charge in [-0.1, -0.05) is 40.5 Å². The lowest BCUT2D eigenvalue weighted by molar-refractivity contribution is -0.0164. The van der Waals surface area contributed by atoms with E-state index in [4.69, 9.17) is 19.7 Å². The Morgan fingerprint density at radius 2 is 1.11 bits per heavy atom. The van der Waals surface area contributed by atoms with Crippen LogP contribution >= 0.6 is 0 Å². The number of aliphatic hydroxyl groups is 2. The van der Waals surface area contributed by atoms with Gasteiger partial charge in [-0.15, -0.1) is 0 Å². The zero-order chi connectivity index (χ0) is 14.2. The highest BCUT2D eigenvalue weighted by molar-refractivity contribution is 4.48. The molecule has 0 saturated carbocycles. The second-order valence-electron chi connectivity index (χ2n) is 4.79. The van der Waals surface area contributed by atoms with Gasteiger partial charge < -0.3 is 19.7 Å². The van der Waals surface area contributed by atoms with Crippen molar-refractivity contribution in [3.8, 4) is 0 Å². The van der Waals surface area contributed by atoms with Gasteiger partial charge in [-0.25, -0.2) is 0 Å². The largest absolute Gasteiger partial charge is 0.371 e. The van der Waals surface area contributed by atoms with Gasteiger partial charge in [0.05, 0.1) is 13.2 Å². The fourth-order valence-electron chi connectivity index (χ4n) is 1.66. The van der Waals surface area contributed by atoms with Gasteiger partial charge in [-0.3, -0.25) is 0 Å². The minimum atomic E-state index is -0.145. The van der Waals surface area contributed by atoms with E-state index in [1.807, 2.05) is 0 Å². The summed E-state index contributed by atoms with van der Waals surface area (Å²) in [5, 5.41) is 16.5. The van der Waals surface area contributed by atoms with Crippen molar-refractivity contribution in [1.29, 1.82) is 0 Å². The van der Waals surface area contributed by atoms with Crippen LogP contribution in [-0.2, 0) is 9.47 Å². The summed E-state index contributed by atoms with van der Waals surface area (Å²) in [4.78, 5) is 0. The Labute approximate surface area is 112 Å². The van der Waals surface area contributed by atoms with Crippen molar-refractivity contribution in [3.63, 3.8) is 0 Å². The van der Waals surface area contributed by atoms with Crippen molar-refractivity contribution < 1.29 is 19.7 Å². The van der Waals surface area contributed by atoms with Crippen LogP contribution in [0.4, 0.5) is 0 Å². The van der Waals surface area contributed by atoms with E-state index in [2.05, 4.69) is 27.7 Å². The number of hydrogen-bond donors (Lipinski definition) is 2. The van der Waals surface area contributed by atoms with Crippen LogP contribution in [0, 0.1) is 11.8 Å². The Morgan fingerprint density at radius 1 is 0.778 bits per heavy atom. The van der Waals surface area contributed by atoms with Gasteiger partial charge in [0, 0.05) is 0 Å². The van der Waals surface area contributed by atoms with Crippen LogP contribution in [0.1, 0.15) is 53.4 Å². The molecule has 112 valence electrons. The average molecular weight is 264 g/mol. The zero-order valence-corrected chi connectivity index (χ0v) is 12.5. The molecule has 2 atom stereocenters. The van der Waals surface area contributed by atoms with Crippen LogP contribution in [0.25, 0.3) is 0 Å². The van der Waals surface area contributed by atoms with Crippen LogP contribution in [0.2, 0.25) is 0 Å². The number of rotatable bonds is 10. The molecule has 2 N–H and O–H groups in total. The maximum absolute atomic E-state index is 8.26. The molecular weight excluding hydrogens is 232 g/mol. The number of hydrogen-bond acceptors (Lipinski definition) is 4. The van der Waals surface area contributed by atoms with E-state index in [0.717, 1.165) is 0 Å². The minimum absolute atomic E-state index is 0.145. The molecule has 0 aliphatic heterocycles. The molecule has 0 spiro atoms. The van der Waals surface area contributed by atoms with Crippen molar-refractivity contribution in [1.82, 2.24) is 0 Å². The molecule has 0 radical (unpaired) electrons. The molecule has 0 fully saturated rings. The smallest absolute Gasteiger partial charge is 0.143 e. The SMILES string of the molecule is CCCC(C)COCO.CCCC(C)COCO. The van der Waals surface area contributed by atoms with Crippen molar-refractivity contribution in [2.75, 3.05) is 26.8 Å². The van der Waals surface area contributed by atoms with Crippen molar-refractivity contribution in [2.45, 2.75) is 53.4 Å². The molecule has 0 amide bonds. The molecule has 0 aliphatic rings. The molecule has 0 aromatic carbocycles. The molecule has 4 nitrogen and oxygen atoms in total. The van der Waals surface area contributed by atoms with E-state index in [1.54, 1.807) is 0 Å². The van der Waals surface area contributed by atoms with Gasteiger partial charge in [-0.05, 0) is 24.7 Å². The summed E-state index contributed by atoms with van der Waals surface area (Å²) in [7, 11) is 0. The summed E-state index contributed by atoms with van der Waals surface area (Å²) in [6.45, 7) is 9.62. The van der Waals surface area contributed by atoms with E-state index >= 15 is 0 Å². The molecule has 0 aromatic heterocycles. The molecule has 4 heteroatoms. The van der Waals surface area contributed by atoms with Crippen molar-refractivity contribution >= 4 is 0 Å². The minimum Gasteiger partial charge on any atom is -0.371 e. The van der Waals surface area contributed by atoms with Gasteiger partial charge in [0.1, 0.15) is 13.6 Å². The number of aliphatic hydroxyl groups excluding tert-OH is 2.